The van der Waals surface area contributed by atoms with E-state index in [9.17, 15) is 4.79 Å². The maximum Gasteiger partial charge on any atom is 0.325 e. The molecule has 2 aromatic rings. The number of hydrogen-bond acceptors (Lipinski definition) is 3. The Hall–Kier alpha value is -2.17. The topological polar surface area (TPSA) is 68.0 Å². The van der Waals surface area contributed by atoms with E-state index in [1.165, 1.54) is 0 Å². The van der Waals surface area contributed by atoms with E-state index in [4.69, 9.17) is 6.48 Å². The van der Waals surface area contributed by atoms with Crippen molar-refractivity contribution in [2.24, 2.45) is 0 Å². The molecule has 0 aliphatic heterocycles. The summed E-state index contributed by atoms with van der Waals surface area (Å²) in [5, 5.41) is 16.0. The van der Waals surface area contributed by atoms with Gasteiger partial charge in [0, 0.05) is 5.56 Å². The van der Waals surface area contributed by atoms with Crippen LogP contribution in [-0.2, 0) is 11.3 Å². The molecule has 0 fully saturated rings. The first-order valence-electron chi connectivity index (χ1n) is 4.86. The van der Waals surface area contributed by atoms with Crippen LogP contribution >= 0.6 is 0 Å². The molecule has 0 unspecified atom stereocenters. The largest absolute Gasteiger partial charge is 0.480 e. The fourth-order valence-electron chi connectivity index (χ4n) is 1.18. The molecular weight excluding hydrogens is 194 g/mol. The minimum atomic E-state index is -1.04. The Morgan fingerprint density at radius 3 is 2.87 bits per heavy atom. The fraction of sp³-hybridized carbons (Fsp3) is 0.100. The van der Waals surface area contributed by atoms with Crippen LogP contribution < -0.4 is 0 Å². The molecular formula is C10H9N3O2. The van der Waals surface area contributed by atoms with Gasteiger partial charge in [-0.05, 0) is 0 Å². The molecule has 1 aromatic heterocycles. The second-order valence-electron chi connectivity index (χ2n) is 2.97. The highest BCUT2D eigenvalue weighted by Crippen LogP contribution is 2.14. The Kier molecular flexibility index (Phi) is 2.13. The molecule has 5 heteroatoms. The summed E-state index contributed by atoms with van der Waals surface area (Å²) in [6.07, 6.45) is 0.00796. The first-order chi connectivity index (χ1) is 7.68. The van der Waals surface area contributed by atoms with E-state index in [-0.39, 0.29) is 12.7 Å². The third-order valence-electron chi connectivity index (χ3n) is 1.82. The Morgan fingerprint density at radius 2 is 2.20 bits per heavy atom. The quantitative estimate of drug-likeness (QED) is 0.810. The molecule has 2 rings (SSSR count). The van der Waals surface area contributed by atoms with E-state index in [1.807, 2.05) is 18.2 Å². The van der Waals surface area contributed by atoms with Crippen LogP contribution in [0.15, 0.2) is 36.5 Å². The normalized spacial score (nSPS) is 11.1. The molecule has 5 nitrogen and oxygen atoms in total. The highest BCUT2D eigenvalue weighted by molar-refractivity contribution is 5.66. The molecule has 0 saturated heterocycles. The SMILES string of the molecule is [2H]c1c(-c2ccccc2)nnn1CC(=O)O. The summed E-state index contributed by atoms with van der Waals surface area (Å²) >= 11 is 0. The number of aliphatic carboxylic acids is 1. The monoisotopic (exact) mass is 204 g/mol. The first kappa shape index (κ1) is 8.16. The van der Waals surface area contributed by atoms with Crippen LogP contribution in [0, 0.1) is 0 Å². The van der Waals surface area contributed by atoms with Crippen LogP contribution in [0.4, 0.5) is 0 Å². The summed E-state index contributed by atoms with van der Waals surface area (Å²) < 4.78 is 8.78. The molecule has 1 aromatic carbocycles. The number of carboxylic acids is 1. The summed E-state index contributed by atoms with van der Waals surface area (Å²) in [6.45, 7) is -0.349. The Morgan fingerprint density at radius 1 is 1.47 bits per heavy atom. The predicted molar refractivity (Wildman–Crippen MR) is 53.1 cm³/mol. The van der Waals surface area contributed by atoms with Gasteiger partial charge in [0.1, 0.15) is 12.2 Å². The van der Waals surface area contributed by atoms with Crippen molar-refractivity contribution in [2.75, 3.05) is 0 Å². The van der Waals surface area contributed by atoms with Crippen molar-refractivity contribution in [3.05, 3.63) is 36.5 Å². The zero-order valence-electron chi connectivity index (χ0n) is 8.79. The van der Waals surface area contributed by atoms with Crippen LogP contribution in [0.5, 0.6) is 0 Å². The zero-order valence-corrected chi connectivity index (χ0v) is 7.79. The Bertz CT molecular complexity index is 510. The van der Waals surface area contributed by atoms with Crippen molar-refractivity contribution in [2.45, 2.75) is 6.54 Å². The lowest BCUT2D eigenvalue weighted by Gasteiger charge is -1.93. The van der Waals surface area contributed by atoms with Gasteiger partial charge in [0.15, 0.2) is 0 Å². The average molecular weight is 204 g/mol. The van der Waals surface area contributed by atoms with Crippen molar-refractivity contribution >= 4 is 5.97 Å². The smallest absolute Gasteiger partial charge is 0.325 e. The third-order valence-corrected chi connectivity index (χ3v) is 1.82. The second kappa shape index (κ2) is 3.91. The van der Waals surface area contributed by atoms with E-state index >= 15 is 0 Å². The summed E-state index contributed by atoms with van der Waals surface area (Å²) in [7, 11) is 0. The highest BCUT2D eigenvalue weighted by atomic mass is 16.4. The lowest BCUT2D eigenvalue weighted by Crippen LogP contribution is -2.08. The number of nitrogens with zero attached hydrogens (tertiary/aromatic N) is 3. The molecule has 1 N–H and O–H groups in total. The minimum absolute atomic E-state index is 0.00796. The van der Waals surface area contributed by atoms with Gasteiger partial charge in [0.25, 0.3) is 0 Å². The fourth-order valence-corrected chi connectivity index (χ4v) is 1.18. The lowest BCUT2D eigenvalue weighted by atomic mass is 10.2. The Labute approximate surface area is 87.4 Å². The molecule has 0 saturated carbocycles. The van der Waals surface area contributed by atoms with Crippen molar-refractivity contribution in [1.29, 1.82) is 0 Å². The summed E-state index contributed by atoms with van der Waals surface area (Å²) in [5.41, 5.74) is 1.14. The standard InChI is InChI=1S/C10H9N3O2/c14-10(15)7-13-6-9(11-12-13)8-4-2-1-3-5-8/h1-6H,7H2,(H,14,15)/i6D. The van der Waals surface area contributed by atoms with Crippen molar-refractivity contribution < 1.29 is 11.3 Å². The zero-order chi connectivity index (χ0) is 11.5. The number of aromatic nitrogens is 3. The van der Waals surface area contributed by atoms with Gasteiger partial charge in [-0.3, -0.25) is 4.79 Å². The van der Waals surface area contributed by atoms with Gasteiger partial charge in [-0.2, -0.15) is 0 Å². The number of carboxylic acid groups (broad SMARTS) is 1. The van der Waals surface area contributed by atoms with E-state index < -0.39 is 5.97 Å². The molecule has 0 aliphatic rings. The first-order valence-corrected chi connectivity index (χ1v) is 4.36. The van der Waals surface area contributed by atoms with Gasteiger partial charge in [0.2, 0.25) is 0 Å². The van der Waals surface area contributed by atoms with Crippen molar-refractivity contribution in [1.82, 2.24) is 15.0 Å². The lowest BCUT2D eigenvalue weighted by molar-refractivity contribution is -0.137. The van der Waals surface area contributed by atoms with Crippen molar-refractivity contribution in [3.8, 4) is 11.3 Å². The second-order valence-corrected chi connectivity index (χ2v) is 2.97. The molecule has 15 heavy (non-hydrogen) atoms. The molecule has 76 valence electrons. The molecule has 0 amide bonds. The summed E-state index contributed by atoms with van der Waals surface area (Å²) in [5.74, 6) is -1.04. The maximum atomic E-state index is 10.5. The average Bonchev–Trinajstić information content (AvgIpc) is 2.61. The Balaban J connectivity index is 2.37. The van der Waals surface area contributed by atoms with Crippen LogP contribution in [0.2, 0.25) is 0 Å². The van der Waals surface area contributed by atoms with Gasteiger partial charge >= 0.3 is 5.97 Å². The number of rotatable bonds is 3. The molecule has 1 heterocycles. The third kappa shape index (κ3) is 2.19. The molecule has 0 aliphatic carbocycles. The number of hydrogen-bond donors (Lipinski definition) is 1. The summed E-state index contributed by atoms with van der Waals surface area (Å²) in [4.78, 5) is 10.5. The van der Waals surface area contributed by atoms with Gasteiger partial charge in [-0.15, -0.1) is 5.10 Å². The molecule has 0 spiro atoms. The maximum absolute atomic E-state index is 10.5. The van der Waals surface area contributed by atoms with E-state index in [2.05, 4.69) is 10.3 Å². The number of carbonyl (C=O) groups is 1. The molecule has 0 atom stereocenters. The van der Waals surface area contributed by atoms with E-state index in [0.29, 0.717) is 5.69 Å². The summed E-state index contributed by atoms with van der Waals surface area (Å²) in [6, 6.07) is 9.10. The van der Waals surface area contributed by atoms with Gasteiger partial charge in [-0.25, -0.2) is 4.68 Å². The number of benzene rings is 1. The van der Waals surface area contributed by atoms with Crippen LogP contribution in [0.25, 0.3) is 11.3 Å². The van der Waals surface area contributed by atoms with Gasteiger partial charge in [0.05, 0.1) is 7.54 Å². The minimum Gasteiger partial charge on any atom is -0.480 e. The van der Waals surface area contributed by atoms with E-state index in [0.717, 1.165) is 10.2 Å². The van der Waals surface area contributed by atoms with Gasteiger partial charge < -0.3 is 5.11 Å². The van der Waals surface area contributed by atoms with Gasteiger partial charge in [-0.1, -0.05) is 35.5 Å². The van der Waals surface area contributed by atoms with Crippen molar-refractivity contribution in [3.63, 3.8) is 0 Å². The van der Waals surface area contributed by atoms with Crippen LogP contribution in [0.1, 0.15) is 1.37 Å². The predicted octanol–water partition coefficient (Wildman–Crippen LogP) is 1.03. The molecule has 0 radical (unpaired) electrons. The molecule has 0 bridgehead atoms. The van der Waals surface area contributed by atoms with Crippen LogP contribution in [-0.4, -0.2) is 26.1 Å². The van der Waals surface area contributed by atoms with Crippen LogP contribution in [0.3, 0.4) is 0 Å². The van der Waals surface area contributed by atoms with E-state index in [1.54, 1.807) is 12.1 Å². The highest BCUT2D eigenvalue weighted by Gasteiger charge is 2.05.